The molecule has 2 nitrogen and oxygen atoms in total. The molecule has 0 radical (unpaired) electrons. The summed E-state index contributed by atoms with van der Waals surface area (Å²) in [7, 11) is 0. The van der Waals surface area contributed by atoms with Gasteiger partial charge in [0.2, 0.25) is 0 Å². The Morgan fingerprint density at radius 3 is 2.61 bits per heavy atom. The van der Waals surface area contributed by atoms with Crippen LogP contribution in [-0.4, -0.2) is 9.97 Å². The van der Waals surface area contributed by atoms with Gasteiger partial charge in [0.05, 0.1) is 9.26 Å². The summed E-state index contributed by atoms with van der Waals surface area (Å²) < 4.78 is 14.1. The highest BCUT2D eigenvalue weighted by Crippen LogP contribution is 2.28. The van der Waals surface area contributed by atoms with Gasteiger partial charge in [0, 0.05) is 5.56 Å². The molecule has 0 aliphatic carbocycles. The third-order valence-corrected chi connectivity index (χ3v) is 4.12. The standard InChI is InChI=1S/C13H11ClFIN2/c1-7(2)11-10(16)12(14)18-13(17-11)8-4-3-5-9(15)6-8/h3-7H,1-2H3. The number of aromatic nitrogens is 2. The van der Waals surface area contributed by atoms with E-state index in [0.717, 1.165) is 9.26 Å². The lowest BCUT2D eigenvalue weighted by Crippen LogP contribution is -2.02. The molecule has 0 amide bonds. The maximum absolute atomic E-state index is 13.2. The molecule has 0 bridgehead atoms. The maximum atomic E-state index is 13.2. The third-order valence-electron chi connectivity index (χ3n) is 2.47. The topological polar surface area (TPSA) is 25.8 Å². The van der Waals surface area contributed by atoms with Gasteiger partial charge < -0.3 is 0 Å². The number of benzene rings is 1. The summed E-state index contributed by atoms with van der Waals surface area (Å²) in [5.41, 5.74) is 1.52. The second-order valence-corrected chi connectivity index (χ2v) is 5.64. The second kappa shape index (κ2) is 5.48. The summed E-state index contributed by atoms with van der Waals surface area (Å²) >= 11 is 8.23. The summed E-state index contributed by atoms with van der Waals surface area (Å²) in [5, 5.41) is 0.411. The molecule has 1 aromatic heterocycles. The minimum atomic E-state index is -0.308. The maximum Gasteiger partial charge on any atom is 0.161 e. The Balaban J connectivity index is 2.59. The Morgan fingerprint density at radius 2 is 2.00 bits per heavy atom. The van der Waals surface area contributed by atoms with Crippen molar-refractivity contribution in [2.75, 3.05) is 0 Å². The van der Waals surface area contributed by atoms with Gasteiger partial charge in [-0.25, -0.2) is 14.4 Å². The molecule has 5 heteroatoms. The van der Waals surface area contributed by atoms with E-state index in [1.54, 1.807) is 12.1 Å². The van der Waals surface area contributed by atoms with Gasteiger partial charge in [0.1, 0.15) is 11.0 Å². The molecule has 94 valence electrons. The molecular formula is C13H11ClFIN2. The van der Waals surface area contributed by atoms with Crippen molar-refractivity contribution in [1.82, 2.24) is 9.97 Å². The Morgan fingerprint density at radius 1 is 1.28 bits per heavy atom. The molecule has 2 aromatic rings. The Hall–Kier alpha value is -0.750. The summed E-state index contributed by atoms with van der Waals surface area (Å²) in [6.07, 6.45) is 0. The van der Waals surface area contributed by atoms with Crippen LogP contribution in [0.3, 0.4) is 0 Å². The highest BCUT2D eigenvalue weighted by Gasteiger charge is 2.14. The Kier molecular flexibility index (Phi) is 4.17. The summed E-state index contributed by atoms with van der Waals surface area (Å²) in [6.45, 7) is 4.08. The molecular weight excluding hydrogens is 366 g/mol. The summed E-state index contributed by atoms with van der Waals surface area (Å²) in [5.74, 6) is 0.394. The molecule has 0 saturated carbocycles. The van der Waals surface area contributed by atoms with Crippen LogP contribution >= 0.6 is 34.2 Å². The molecule has 0 atom stereocenters. The first-order valence-corrected chi connectivity index (χ1v) is 6.93. The monoisotopic (exact) mass is 376 g/mol. The second-order valence-electron chi connectivity index (χ2n) is 4.20. The lowest BCUT2D eigenvalue weighted by molar-refractivity contribution is 0.628. The van der Waals surface area contributed by atoms with Gasteiger partial charge in [-0.05, 0) is 40.6 Å². The van der Waals surface area contributed by atoms with Crippen molar-refractivity contribution in [2.45, 2.75) is 19.8 Å². The summed E-state index contributed by atoms with van der Waals surface area (Å²) in [6, 6.07) is 6.20. The van der Waals surface area contributed by atoms with E-state index in [-0.39, 0.29) is 11.7 Å². The van der Waals surface area contributed by atoms with Gasteiger partial charge in [-0.2, -0.15) is 0 Å². The van der Waals surface area contributed by atoms with Crippen LogP contribution in [-0.2, 0) is 0 Å². The van der Waals surface area contributed by atoms with Crippen LogP contribution in [0.25, 0.3) is 11.4 Å². The predicted octanol–water partition coefficient (Wildman–Crippen LogP) is 4.66. The summed E-state index contributed by atoms with van der Waals surface area (Å²) in [4.78, 5) is 8.68. The fourth-order valence-corrected chi connectivity index (χ4v) is 2.62. The van der Waals surface area contributed by atoms with E-state index in [2.05, 4.69) is 32.6 Å². The largest absolute Gasteiger partial charge is 0.232 e. The molecule has 1 heterocycles. The van der Waals surface area contributed by atoms with Crippen LogP contribution in [0.2, 0.25) is 5.15 Å². The van der Waals surface area contributed by atoms with Crippen LogP contribution in [0.5, 0.6) is 0 Å². The number of halogens is 3. The highest BCUT2D eigenvalue weighted by atomic mass is 127. The quantitative estimate of drug-likeness (QED) is 0.562. The average Bonchev–Trinajstić information content (AvgIpc) is 2.32. The van der Waals surface area contributed by atoms with Crippen molar-refractivity contribution < 1.29 is 4.39 Å². The molecule has 1 aromatic carbocycles. The van der Waals surface area contributed by atoms with E-state index in [9.17, 15) is 4.39 Å². The van der Waals surface area contributed by atoms with E-state index < -0.39 is 0 Å². The third kappa shape index (κ3) is 2.80. The molecule has 18 heavy (non-hydrogen) atoms. The van der Waals surface area contributed by atoms with Crippen molar-refractivity contribution in [3.05, 3.63) is 44.5 Å². The molecule has 0 N–H and O–H groups in total. The average molecular weight is 377 g/mol. The van der Waals surface area contributed by atoms with Gasteiger partial charge in [-0.1, -0.05) is 37.6 Å². The van der Waals surface area contributed by atoms with Gasteiger partial charge in [-0.3, -0.25) is 0 Å². The van der Waals surface area contributed by atoms with Crippen molar-refractivity contribution in [2.24, 2.45) is 0 Å². The van der Waals surface area contributed by atoms with Gasteiger partial charge in [0.15, 0.2) is 5.82 Å². The number of hydrogen-bond acceptors (Lipinski definition) is 2. The van der Waals surface area contributed by atoms with Gasteiger partial charge in [0.25, 0.3) is 0 Å². The van der Waals surface area contributed by atoms with E-state index in [1.807, 2.05) is 13.8 Å². The zero-order valence-electron chi connectivity index (χ0n) is 9.92. The van der Waals surface area contributed by atoms with Gasteiger partial charge in [-0.15, -0.1) is 0 Å². The molecule has 0 unspecified atom stereocenters. The predicted molar refractivity (Wildman–Crippen MR) is 79.2 cm³/mol. The van der Waals surface area contributed by atoms with Crippen molar-refractivity contribution in [3.8, 4) is 11.4 Å². The first kappa shape index (κ1) is 13.7. The Labute approximate surface area is 124 Å². The number of rotatable bonds is 2. The van der Waals surface area contributed by atoms with Crippen molar-refractivity contribution in [3.63, 3.8) is 0 Å². The fourth-order valence-electron chi connectivity index (χ4n) is 1.58. The van der Waals surface area contributed by atoms with E-state index in [1.165, 1.54) is 12.1 Å². The minimum Gasteiger partial charge on any atom is -0.232 e. The minimum absolute atomic E-state index is 0.240. The normalized spacial score (nSPS) is 11.0. The smallest absolute Gasteiger partial charge is 0.161 e. The highest BCUT2D eigenvalue weighted by molar-refractivity contribution is 14.1. The van der Waals surface area contributed by atoms with Crippen LogP contribution < -0.4 is 0 Å². The molecule has 0 saturated heterocycles. The Bertz CT molecular complexity index is 587. The molecule has 2 rings (SSSR count). The molecule has 0 fully saturated rings. The SMILES string of the molecule is CC(C)c1nc(-c2cccc(F)c2)nc(Cl)c1I. The lowest BCUT2D eigenvalue weighted by atomic mass is 10.1. The fraction of sp³-hybridized carbons (Fsp3) is 0.231. The van der Waals surface area contributed by atoms with Crippen molar-refractivity contribution in [1.29, 1.82) is 0 Å². The molecule has 0 spiro atoms. The first-order chi connectivity index (χ1) is 8.49. The zero-order valence-corrected chi connectivity index (χ0v) is 12.8. The number of nitrogens with zero attached hydrogens (tertiary/aromatic N) is 2. The van der Waals surface area contributed by atoms with Crippen LogP contribution in [0, 0.1) is 9.39 Å². The zero-order chi connectivity index (χ0) is 13.3. The first-order valence-electron chi connectivity index (χ1n) is 5.48. The van der Waals surface area contributed by atoms with E-state index in [0.29, 0.717) is 16.5 Å². The van der Waals surface area contributed by atoms with E-state index >= 15 is 0 Å². The van der Waals surface area contributed by atoms with Crippen LogP contribution in [0.15, 0.2) is 24.3 Å². The number of hydrogen-bond donors (Lipinski definition) is 0. The molecule has 0 aliphatic heterocycles. The van der Waals surface area contributed by atoms with Crippen molar-refractivity contribution >= 4 is 34.2 Å². The molecule has 0 aliphatic rings. The van der Waals surface area contributed by atoms with Crippen LogP contribution in [0.1, 0.15) is 25.5 Å². The van der Waals surface area contributed by atoms with Crippen LogP contribution in [0.4, 0.5) is 4.39 Å². The van der Waals surface area contributed by atoms with E-state index in [4.69, 9.17) is 11.6 Å². The lowest BCUT2D eigenvalue weighted by Gasteiger charge is -2.10. The van der Waals surface area contributed by atoms with Gasteiger partial charge >= 0.3 is 0 Å².